The number of alkyl halides is 3. The van der Waals surface area contributed by atoms with Crippen LogP contribution < -0.4 is 10.5 Å². The number of nitrogens with one attached hydrogen (secondary N) is 1. The molecule has 1 unspecified atom stereocenters. The lowest BCUT2D eigenvalue weighted by Crippen LogP contribution is -2.36. The lowest BCUT2D eigenvalue weighted by molar-refractivity contribution is -0.137. The Hall–Kier alpha value is -1.19. The number of benzene rings is 1. The summed E-state index contributed by atoms with van der Waals surface area (Å²) in [6.07, 6.45) is -5.65. The number of hydrogen-bond acceptors (Lipinski definition) is 3. The van der Waals surface area contributed by atoms with Crippen molar-refractivity contribution in [2.75, 3.05) is 0 Å². The standard InChI is InChI=1S/C12H15F3N2O2S2/c1-8(6-12(13,14)15)17-21(18,19)7-9-3-2-4-10(5-9)11(16)20/h2-5,8,17H,6-7H2,1H3,(H2,16,20). The van der Waals surface area contributed by atoms with Crippen molar-refractivity contribution in [2.24, 2.45) is 5.73 Å². The van der Waals surface area contributed by atoms with E-state index in [0.29, 0.717) is 11.1 Å². The molecule has 0 aliphatic heterocycles. The van der Waals surface area contributed by atoms with E-state index in [2.05, 4.69) is 0 Å². The molecule has 9 heteroatoms. The third-order valence-electron chi connectivity index (χ3n) is 2.49. The van der Waals surface area contributed by atoms with E-state index in [1.807, 2.05) is 4.72 Å². The Bertz CT molecular complexity index is 615. The molecule has 1 aromatic carbocycles. The third-order valence-corrected chi connectivity index (χ3v) is 4.20. The van der Waals surface area contributed by atoms with Gasteiger partial charge < -0.3 is 5.73 Å². The maximum atomic E-state index is 12.2. The molecule has 0 amide bonds. The molecule has 0 aliphatic rings. The fourth-order valence-corrected chi connectivity index (χ4v) is 3.30. The first kappa shape index (κ1) is 17.9. The van der Waals surface area contributed by atoms with E-state index in [1.165, 1.54) is 12.1 Å². The van der Waals surface area contributed by atoms with Gasteiger partial charge in [0.1, 0.15) is 4.99 Å². The lowest BCUT2D eigenvalue weighted by Gasteiger charge is -2.16. The van der Waals surface area contributed by atoms with Crippen LogP contribution in [-0.2, 0) is 15.8 Å². The van der Waals surface area contributed by atoms with Gasteiger partial charge in [0.05, 0.1) is 12.2 Å². The number of hydrogen-bond donors (Lipinski definition) is 2. The second-order valence-corrected chi connectivity index (χ2v) is 6.86. The topological polar surface area (TPSA) is 72.2 Å². The molecular formula is C12H15F3N2O2S2. The van der Waals surface area contributed by atoms with Crippen LogP contribution in [0.15, 0.2) is 24.3 Å². The van der Waals surface area contributed by atoms with Gasteiger partial charge in [-0.15, -0.1) is 0 Å². The second kappa shape index (κ2) is 6.71. The Labute approximate surface area is 126 Å². The summed E-state index contributed by atoms with van der Waals surface area (Å²) in [5, 5.41) is 0. The summed E-state index contributed by atoms with van der Waals surface area (Å²) in [4.78, 5) is 0.118. The quantitative estimate of drug-likeness (QED) is 0.778. The Morgan fingerprint density at radius 3 is 2.57 bits per heavy atom. The van der Waals surface area contributed by atoms with E-state index in [0.717, 1.165) is 6.92 Å². The highest BCUT2D eigenvalue weighted by Gasteiger charge is 2.31. The number of rotatable bonds is 6. The first-order valence-corrected chi connectivity index (χ1v) is 8.00. The van der Waals surface area contributed by atoms with Gasteiger partial charge in [-0.25, -0.2) is 13.1 Å². The molecule has 0 bridgehead atoms. The van der Waals surface area contributed by atoms with Crippen LogP contribution in [0, 0.1) is 0 Å². The zero-order valence-corrected chi connectivity index (χ0v) is 12.8. The normalized spacial score (nSPS) is 13.9. The highest BCUT2D eigenvalue weighted by molar-refractivity contribution is 7.88. The van der Waals surface area contributed by atoms with Crippen molar-refractivity contribution in [3.63, 3.8) is 0 Å². The molecular weight excluding hydrogens is 325 g/mol. The molecule has 0 fully saturated rings. The molecule has 21 heavy (non-hydrogen) atoms. The van der Waals surface area contributed by atoms with E-state index in [1.54, 1.807) is 12.1 Å². The van der Waals surface area contributed by atoms with Crippen LogP contribution in [0.1, 0.15) is 24.5 Å². The highest BCUT2D eigenvalue weighted by Crippen LogP contribution is 2.21. The van der Waals surface area contributed by atoms with Crippen LogP contribution in [0.2, 0.25) is 0 Å². The molecule has 1 atom stereocenters. The molecule has 0 aliphatic carbocycles. The molecule has 4 nitrogen and oxygen atoms in total. The van der Waals surface area contributed by atoms with Gasteiger partial charge in [0.15, 0.2) is 0 Å². The summed E-state index contributed by atoms with van der Waals surface area (Å²) in [6, 6.07) is 5.01. The number of sulfonamides is 1. The van der Waals surface area contributed by atoms with Crippen molar-refractivity contribution in [1.29, 1.82) is 0 Å². The minimum atomic E-state index is -4.42. The van der Waals surface area contributed by atoms with Crippen molar-refractivity contribution in [1.82, 2.24) is 4.72 Å². The lowest BCUT2D eigenvalue weighted by atomic mass is 10.1. The van der Waals surface area contributed by atoms with Gasteiger partial charge >= 0.3 is 6.18 Å². The maximum Gasteiger partial charge on any atom is 0.390 e. The third kappa shape index (κ3) is 6.87. The molecule has 0 saturated carbocycles. The fourth-order valence-electron chi connectivity index (χ4n) is 1.77. The predicted octanol–water partition coefficient (Wildman–Crippen LogP) is 2.08. The van der Waals surface area contributed by atoms with Gasteiger partial charge in [-0.2, -0.15) is 13.2 Å². The summed E-state index contributed by atoms with van der Waals surface area (Å²) in [6.45, 7) is 1.16. The average Bonchev–Trinajstić information content (AvgIpc) is 2.24. The van der Waals surface area contributed by atoms with Crippen molar-refractivity contribution < 1.29 is 21.6 Å². The summed E-state index contributed by atoms with van der Waals surface area (Å²) >= 11 is 4.78. The molecule has 118 valence electrons. The number of thiocarbonyl (C=S) groups is 1. The van der Waals surface area contributed by atoms with Gasteiger partial charge in [0, 0.05) is 11.6 Å². The van der Waals surface area contributed by atoms with Crippen LogP contribution in [-0.4, -0.2) is 25.6 Å². The van der Waals surface area contributed by atoms with Gasteiger partial charge in [-0.1, -0.05) is 30.4 Å². The largest absolute Gasteiger partial charge is 0.390 e. The minimum Gasteiger partial charge on any atom is -0.389 e. The van der Waals surface area contributed by atoms with Gasteiger partial charge in [0.2, 0.25) is 10.0 Å². The zero-order chi connectivity index (χ0) is 16.3. The van der Waals surface area contributed by atoms with E-state index in [9.17, 15) is 21.6 Å². The van der Waals surface area contributed by atoms with E-state index in [-0.39, 0.29) is 4.99 Å². The summed E-state index contributed by atoms with van der Waals surface area (Å²) in [7, 11) is -3.88. The van der Waals surface area contributed by atoms with Crippen LogP contribution in [0.3, 0.4) is 0 Å². The molecule has 1 rings (SSSR count). The van der Waals surface area contributed by atoms with Gasteiger partial charge in [0.25, 0.3) is 0 Å². The Kier molecular flexibility index (Phi) is 5.71. The Morgan fingerprint density at radius 2 is 2.05 bits per heavy atom. The van der Waals surface area contributed by atoms with E-state index < -0.39 is 34.4 Å². The Balaban J connectivity index is 2.77. The summed E-state index contributed by atoms with van der Waals surface area (Å²) in [5.41, 5.74) is 6.33. The molecule has 0 saturated heterocycles. The molecule has 0 spiro atoms. The molecule has 0 radical (unpaired) electrons. The van der Waals surface area contributed by atoms with Crippen molar-refractivity contribution >= 4 is 27.2 Å². The van der Waals surface area contributed by atoms with Crippen LogP contribution in [0.4, 0.5) is 13.2 Å². The number of nitrogens with two attached hydrogens (primary N) is 1. The minimum absolute atomic E-state index is 0.118. The van der Waals surface area contributed by atoms with Crippen molar-refractivity contribution in [3.05, 3.63) is 35.4 Å². The molecule has 1 aromatic rings. The Morgan fingerprint density at radius 1 is 1.43 bits per heavy atom. The molecule has 0 aromatic heterocycles. The zero-order valence-electron chi connectivity index (χ0n) is 11.1. The monoisotopic (exact) mass is 340 g/mol. The smallest absolute Gasteiger partial charge is 0.389 e. The SMILES string of the molecule is CC(CC(F)(F)F)NS(=O)(=O)Cc1cccc(C(N)=S)c1. The second-order valence-electron chi connectivity index (χ2n) is 4.66. The van der Waals surface area contributed by atoms with Crippen LogP contribution in [0.25, 0.3) is 0 Å². The predicted molar refractivity (Wildman–Crippen MR) is 78.2 cm³/mol. The first-order chi connectivity index (χ1) is 9.48. The van der Waals surface area contributed by atoms with Crippen molar-refractivity contribution in [3.8, 4) is 0 Å². The van der Waals surface area contributed by atoms with Crippen LogP contribution in [0.5, 0.6) is 0 Å². The van der Waals surface area contributed by atoms with Gasteiger partial charge in [-0.05, 0) is 18.6 Å². The number of halogens is 3. The first-order valence-electron chi connectivity index (χ1n) is 5.94. The van der Waals surface area contributed by atoms with Crippen LogP contribution >= 0.6 is 12.2 Å². The van der Waals surface area contributed by atoms with E-state index in [4.69, 9.17) is 18.0 Å². The maximum absolute atomic E-state index is 12.2. The van der Waals surface area contributed by atoms with Gasteiger partial charge in [-0.3, -0.25) is 0 Å². The summed E-state index contributed by atoms with van der Waals surface area (Å²) < 4.78 is 62.2. The molecule has 0 heterocycles. The average molecular weight is 340 g/mol. The molecule has 3 N–H and O–H groups in total. The van der Waals surface area contributed by atoms with Crippen molar-refractivity contribution in [2.45, 2.75) is 31.3 Å². The van der Waals surface area contributed by atoms with E-state index >= 15 is 0 Å². The highest BCUT2D eigenvalue weighted by atomic mass is 32.2. The summed E-state index contributed by atoms with van der Waals surface area (Å²) in [5.74, 6) is -0.439. The fraction of sp³-hybridized carbons (Fsp3) is 0.417.